The Balaban J connectivity index is 1.84. The van der Waals surface area contributed by atoms with E-state index in [1.54, 1.807) is 31.2 Å². The molecule has 9 nitrogen and oxygen atoms in total. The molecule has 0 aliphatic carbocycles. The van der Waals surface area contributed by atoms with E-state index in [2.05, 4.69) is 10.3 Å². The first kappa shape index (κ1) is 18.1. The minimum Gasteiger partial charge on any atom is -0.456 e. The van der Waals surface area contributed by atoms with Gasteiger partial charge in [-0.2, -0.15) is 0 Å². The predicted octanol–water partition coefficient (Wildman–Crippen LogP) is 0.175. The van der Waals surface area contributed by atoms with Crippen LogP contribution in [-0.2, 0) is 20.9 Å². The first-order chi connectivity index (χ1) is 12.0. The van der Waals surface area contributed by atoms with Gasteiger partial charge in [-0.1, -0.05) is 12.1 Å². The van der Waals surface area contributed by atoms with E-state index in [0.29, 0.717) is 17.4 Å². The third kappa shape index (κ3) is 5.13. The summed E-state index contributed by atoms with van der Waals surface area (Å²) in [4.78, 5) is 50.6. The number of fused-ring (bicyclic) bond motifs is 1. The van der Waals surface area contributed by atoms with Gasteiger partial charge in [-0.15, -0.1) is 0 Å². The van der Waals surface area contributed by atoms with Crippen molar-refractivity contribution < 1.29 is 19.1 Å². The number of amides is 3. The van der Waals surface area contributed by atoms with Gasteiger partial charge < -0.3 is 10.1 Å². The second-order valence-electron chi connectivity index (χ2n) is 5.08. The number of rotatable bonds is 6. The summed E-state index contributed by atoms with van der Waals surface area (Å²) in [6.45, 7) is 1.58. The van der Waals surface area contributed by atoms with Gasteiger partial charge in [0.15, 0.2) is 6.61 Å². The van der Waals surface area contributed by atoms with Gasteiger partial charge in [0.1, 0.15) is 0 Å². The van der Waals surface area contributed by atoms with Crippen molar-refractivity contribution >= 4 is 28.8 Å². The van der Waals surface area contributed by atoms with Gasteiger partial charge in [-0.3, -0.25) is 24.3 Å². The van der Waals surface area contributed by atoms with E-state index < -0.39 is 24.5 Å². The number of carbonyl (C=O) groups is 3. The van der Waals surface area contributed by atoms with Crippen LogP contribution in [0.4, 0.5) is 4.79 Å². The Morgan fingerprint density at radius 2 is 2.00 bits per heavy atom. The molecule has 1 heterocycles. The SMILES string of the molecule is CCNC(=O)NC(=O)COC(=O)CCn1cnc2ccccc2c1=O. The molecule has 1 aromatic heterocycles. The fourth-order valence-corrected chi connectivity index (χ4v) is 2.06. The summed E-state index contributed by atoms with van der Waals surface area (Å²) in [6, 6.07) is 6.24. The summed E-state index contributed by atoms with van der Waals surface area (Å²) in [5.41, 5.74) is 0.320. The van der Waals surface area contributed by atoms with E-state index in [9.17, 15) is 19.2 Å². The second-order valence-corrected chi connectivity index (χ2v) is 5.08. The van der Waals surface area contributed by atoms with Crippen LogP contribution in [0.5, 0.6) is 0 Å². The van der Waals surface area contributed by atoms with Gasteiger partial charge in [0, 0.05) is 13.1 Å². The number of carbonyl (C=O) groups excluding carboxylic acids is 3. The lowest BCUT2D eigenvalue weighted by atomic mass is 10.2. The molecule has 0 atom stereocenters. The molecule has 0 saturated carbocycles. The average Bonchev–Trinajstić information content (AvgIpc) is 2.60. The Hall–Kier alpha value is -3.23. The number of aromatic nitrogens is 2. The fraction of sp³-hybridized carbons (Fsp3) is 0.312. The number of hydrogen-bond acceptors (Lipinski definition) is 6. The monoisotopic (exact) mass is 346 g/mol. The first-order valence-corrected chi connectivity index (χ1v) is 7.68. The van der Waals surface area contributed by atoms with E-state index >= 15 is 0 Å². The van der Waals surface area contributed by atoms with E-state index in [1.807, 2.05) is 5.32 Å². The maximum atomic E-state index is 12.3. The fourth-order valence-electron chi connectivity index (χ4n) is 2.06. The van der Waals surface area contributed by atoms with Gasteiger partial charge in [-0.25, -0.2) is 9.78 Å². The molecule has 2 N–H and O–H groups in total. The minimum absolute atomic E-state index is 0.0768. The number of imide groups is 1. The summed E-state index contributed by atoms with van der Waals surface area (Å²) in [5, 5.41) is 4.84. The molecule has 2 aromatic rings. The number of hydrogen-bond donors (Lipinski definition) is 2. The van der Waals surface area contributed by atoms with Crippen LogP contribution in [0.2, 0.25) is 0 Å². The first-order valence-electron chi connectivity index (χ1n) is 7.68. The topological polar surface area (TPSA) is 119 Å². The smallest absolute Gasteiger partial charge is 0.321 e. The number of urea groups is 1. The van der Waals surface area contributed by atoms with Crippen LogP contribution in [-0.4, -0.2) is 40.6 Å². The summed E-state index contributed by atoms with van der Waals surface area (Å²) >= 11 is 0. The highest BCUT2D eigenvalue weighted by molar-refractivity contribution is 5.95. The Bertz CT molecular complexity index is 846. The van der Waals surface area contributed by atoms with Crippen LogP contribution < -0.4 is 16.2 Å². The van der Waals surface area contributed by atoms with E-state index in [1.165, 1.54) is 10.9 Å². The molecular formula is C16H18N4O5. The molecule has 0 radical (unpaired) electrons. The largest absolute Gasteiger partial charge is 0.456 e. The zero-order chi connectivity index (χ0) is 18.2. The molecule has 0 spiro atoms. The summed E-state index contributed by atoms with van der Waals surface area (Å²) in [7, 11) is 0. The zero-order valence-corrected chi connectivity index (χ0v) is 13.7. The predicted molar refractivity (Wildman–Crippen MR) is 88.8 cm³/mol. The lowest BCUT2D eigenvalue weighted by Gasteiger charge is -2.08. The molecular weight excluding hydrogens is 328 g/mol. The number of para-hydroxylation sites is 1. The standard InChI is InChI=1S/C16H18N4O5/c1-2-17-16(24)19-13(21)9-25-14(22)7-8-20-10-18-12-6-4-3-5-11(12)15(20)23/h3-6,10H,2,7-9H2,1H3,(H2,17,19,21,24). The van der Waals surface area contributed by atoms with Crippen LogP contribution in [0.1, 0.15) is 13.3 Å². The number of ether oxygens (including phenoxy) is 1. The molecule has 132 valence electrons. The van der Waals surface area contributed by atoms with Crippen LogP contribution in [0.15, 0.2) is 35.4 Å². The minimum atomic E-state index is -0.733. The summed E-state index contributed by atoms with van der Waals surface area (Å²) < 4.78 is 6.07. The molecule has 1 aromatic carbocycles. The molecule has 25 heavy (non-hydrogen) atoms. The van der Waals surface area contributed by atoms with E-state index in [4.69, 9.17) is 4.74 Å². The Morgan fingerprint density at radius 3 is 2.76 bits per heavy atom. The number of nitrogens with one attached hydrogen (secondary N) is 2. The molecule has 0 unspecified atom stereocenters. The van der Waals surface area contributed by atoms with Crippen molar-refractivity contribution in [3.63, 3.8) is 0 Å². The van der Waals surface area contributed by atoms with Gasteiger partial charge in [-0.05, 0) is 19.1 Å². The van der Waals surface area contributed by atoms with E-state index in [0.717, 1.165) is 0 Å². The lowest BCUT2D eigenvalue weighted by Crippen LogP contribution is -2.41. The van der Waals surface area contributed by atoms with Crippen molar-refractivity contribution in [2.75, 3.05) is 13.2 Å². The maximum Gasteiger partial charge on any atom is 0.321 e. The van der Waals surface area contributed by atoms with Crippen molar-refractivity contribution in [3.05, 3.63) is 40.9 Å². The highest BCUT2D eigenvalue weighted by Gasteiger charge is 2.11. The molecule has 3 amide bonds. The molecule has 0 aliphatic rings. The second kappa shape index (κ2) is 8.57. The van der Waals surface area contributed by atoms with Gasteiger partial charge in [0.25, 0.3) is 11.5 Å². The highest BCUT2D eigenvalue weighted by Crippen LogP contribution is 2.04. The summed E-state index contributed by atoms with van der Waals surface area (Å²) in [5.74, 6) is -1.39. The lowest BCUT2D eigenvalue weighted by molar-refractivity contribution is -0.148. The van der Waals surface area contributed by atoms with Crippen LogP contribution in [0.3, 0.4) is 0 Å². The van der Waals surface area contributed by atoms with Crippen LogP contribution in [0.25, 0.3) is 10.9 Å². The molecule has 9 heteroatoms. The van der Waals surface area contributed by atoms with Crippen molar-refractivity contribution in [1.82, 2.24) is 20.2 Å². The quantitative estimate of drug-likeness (QED) is 0.720. The normalized spacial score (nSPS) is 10.3. The number of esters is 1. The molecule has 2 rings (SSSR count). The Kier molecular flexibility index (Phi) is 6.21. The summed E-state index contributed by atoms with van der Waals surface area (Å²) in [6.07, 6.45) is 1.26. The number of nitrogens with zero attached hydrogens (tertiary/aromatic N) is 2. The zero-order valence-electron chi connectivity index (χ0n) is 13.7. The number of aryl methyl sites for hydroxylation is 1. The van der Waals surface area contributed by atoms with Crippen molar-refractivity contribution in [1.29, 1.82) is 0 Å². The Morgan fingerprint density at radius 1 is 1.24 bits per heavy atom. The highest BCUT2D eigenvalue weighted by atomic mass is 16.5. The van der Waals surface area contributed by atoms with Crippen molar-refractivity contribution in [3.8, 4) is 0 Å². The van der Waals surface area contributed by atoms with Crippen LogP contribution in [0, 0.1) is 0 Å². The van der Waals surface area contributed by atoms with Crippen molar-refractivity contribution in [2.45, 2.75) is 19.9 Å². The third-order valence-corrected chi connectivity index (χ3v) is 3.24. The molecule has 0 saturated heterocycles. The maximum absolute atomic E-state index is 12.3. The molecule has 0 bridgehead atoms. The average molecular weight is 346 g/mol. The van der Waals surface area contributed by atoms with Gasteiger partial charge >= 0.3 is 12.0 Å². The molecule has 0 fully saturated rings. The molecule has 0 aliphatic heterocycles. The third-order valence-electron chi connectivity index (χ3n) is 3.24. The van der Waals surface area contributed by atoms with Crippen molar-refractivity contribution in [2.24, 2.45) is 0 Å². The van der Waals surface area contributed by atoms with Gasteiger partial charge in [0.05, 0.1) is 23.7 Å². The van der Waals surface area contributed by atoms with Crippen LogP contribution >= 0.6 is 0 Å². The Labute approximate surface area is 143 Å². The number of benzene rings is 1. The van der Waals surface area contributed by atoms with Gasteiger partial charge in [0.2, 0.25) is 0 Å². The van der Waals surface area contributed by atoms with E-state index in [-0.39, 0.29) is 18.5 Å².